The van der Waals surface area contributed by atoms with E-state index in [1.807, 2.05) is 0 Å². The Kier molecular flexibility index (Phi) is 3.34. The fourth-order valence-corrected chi connectivity index (χ4v) is 1.78. The number of carbonyl (C=O) groups is 1. The van der Waals surface area contributed by atoms with E-state index >= 15 is 0 Å². The molecular formula is C10H15O3. The van der Waals surface area contributed by atoms with Crippen molar-refractivity contribution in [2.75, 3.05) is 0 Å². The van der Waals surface area contributed by atoms with Crippen LogP contribution in [0.1, 0.15) is 39.0 Å². The Morgan fingerprint density at radius 1 is 1.23 bits per heavy atom. The van der Waals surface area contributed by atoms with E-state index in [0.29, 0.717) is 0 Å². The van der Waals surface area contributed by atoms with Crippen LogP contribution in [0.2, 0.25) is 0 Å². The molecule has 0 saturated heterocycles. The van der Waals surface area contributed by atoms with E-state index in [4.69, 9.17) is 5.11 Å². The predicted octanol–water partition coefficient (Wildman–Crippen LogP) is 2.36. The van der Waals surface area contributed by atoms with E-state index in [9.17, 15) is 9.90 Å². The van der Waals surface area contributed by atoms with Gasteiger partial charge in [-0.15, -0.1) is 0 Å². The summed E-state index contributed by atoms with van der Waals surface area (Å²) in [6.45, 7) is 1.40. The third-order valence-electron chi connectivity index (χ3n) is 2.67. The zero-order valence-corrected chi connectivity index (χ0v) is 7.88. The maximum atomic E-state index is 11.5. The molecule has 3 nitrogen and oxygen atoms in total. The molecular weight excluding hydrogens is 168 g/mol. The second-order valence-electron chi connectivity index (χ2n) is 3.63. The molecule has 1 N–H and O–H groups in total. The number of aliphatic carboxylic acids is 1. The molecule has 1 radical (unpaired) electrons. The summed E-state index contributed by atoms with van der Waals surface area (Å²) in [4.78, 5) is 10.5. The third-order valence-corrected chi connectivity index (χ3v) is 2.67. The molecule has 1 fully saturated rings. The SMILES string of the molecule is CC(C(=O)O)=C([O])C1CCCCC1. The minimum atomic E-state index is -1.07. The van der Waals surface area contributed by atoms with Crippen LogP contribution in [0.5, 0.6) is 0 Å². The monoisotopic (exact) mass is 183 g/mol. The summed E-state index contributed by atoms with van der Waals surface area (Å²) < 4.78 is 0. The minimum absolute atomic E-state index is 0.00750. The molecule has 1 saturated carbocycles. The van der Waals surface area contributed by atoms with Crippen LogP contribution in [0.25, 0.3) is 0 Å². The Morgan fingerprint density at radius 2 is 1.77 bits per heavy atom. The third kappa shape index (κ3) is 2.47. The van der Waals surface area contributed by atoms with Gasteiger partial charge >= 0.3 is 5.97 Å². The summed E-state index contributed by atoms with van der Waals surface area (Å²) in [6, 6.07) is 0. The molecule has 0 bridgehead atoms. The maximum Gasteiger partial charge on any atom is 0.334 e. The summed E-state index contributed by atoms with van der Waals surface area (Å²) in [5, 5.41) is 20.1. The van der Waals surface area contributed by atoms with Crippen molar-refractivity contribution in [3.05, 3.63) is 11.3 Å². The molecule has 0 aromatic carbocycles. The van der Waals surface area contributed by atoms with Crippen LogP contribution in [0.3, 0.4) is 0 Å². The Morgan fingerprint density at radius 3 is 2.23 bits per heavy atom. The van der Waals surface area contributed by atoms with E-state index in [1.165, 1.54) is 13.3 Å². The molecule has 0 aromatic rings. The molecule has 0 amide bonds. The van der Waals surface area contributed by atoms with Gasteiger partial charge in [-0.3, -0.25) is 5.11 Å². The fourth-order valence-electron chi connectivity index (χ4n) is 1.78. The number of carboxylic acids is 1. The van der Waals surface area contributed by atoms with Crippen molar-refractivity contribution < 1.29 is 15.0 Å². The highest BCUT2D eigenvalue weighted by molar-refractivity contribution is 5.86. The topological polar surface area (TPSA) is 57.2 Å². The van der Waals surface area contributed by atoms with E-state index < -0.39 is 5.97 Å². The van der Waals surface area contributed by atoms with Gasteiger partial charge in [-0.2, -0.15) is 0 Å². The molecule has 0 spiro atoms. The van der Waals surface area contributed by atoms with Crippen LogP contribution in [0, 0.1) is 5.92 Å². The first-order valence-electron chi connectivity index (χ1n) is 4.74. The predicted molar refractivity (Wildman–Crippen MR) is 47.6 cm³/mol. The van der Waals surface area contributed by atoms with Crippen molar-refractivity contribution in [1.82, 2.24) is 0 Å². The lowest BCUT2D eigenvalue weighted by atomic mass is 9.86. The highest BCUT2D eigenvalue weighted by Gasteiger charge is 2.22. The maximum absolute atomic E-state index is 11.5. The summed E-state index contributed by atoms with van der Waals surface area (Å²) in [6.07, 6.45) is 5.02. The van der Waals surface area contributed by atoms with Crippen LogP contribution in [0.4, 0.5) is 0 Å². The van der Waals surface area contributed by atoms with Crippen LogP contribution in [-0.2, 0) is 9.90 Å². The minimum Gasteiger partial charge on any atom is -0.478 e. The highest BCUT2D eigenvalue weighted by Crippen LogP contribution is 2.30. The standard InChI is InChI=1S/C10H15O3/c1-7(10(12)13)9(11)8-5-3-2-4-6-8/h8H,2-6H2,1H3,(H,12,13). The van der Waals surface area contributed by atoms with Gasteiger partial charge in [0.25, 0.3) is 0 Å². The number of hydrogen-bond acceptors (Lipinski definition) is 1. The summed E-state index contributed by atoms with van der Waals surface area (Å²) in [5.74, 6) is -1.26. The van der Waals surface area contributed by atoms with Crippen molar-refractivity contribution in [2.24, 2.45) is 5.92 Å². The molecule has 1 rings (SSSR count). The summed E-state index contributed by atoms with van der Waals surface area (Å²) in [7, 11) is 0. The largest absolute Gasteiger partial charge is 0.478 e. The molecule has 0 heterocycles. The zero-order chi connectivity index (χ0) is 9.84. The molecule has 1 aliphatic rings. The van der Waals surface area contributed by atoms with Crippen LogP contribution >= 0.6 is 0 Å². The molecule has 0 unspecified atom stereocenters. The van der Waals surface area contributed by atoms with Gasteiger partial charge in [0, 0.05) is 5.92 Å². The lowest BCUT2D eigenvalue weighted by Gasteiger charge is -2.19. The van der Waals surface area contributed by atoms with Crippen molar-refractivity contribution in [3.8, 4) is 0 Å². The van der Waals surface area contributed by atoms with E-state index in [2.05, 4.69) is 0 Å². The molecule has 73 valence electrons. The van der Waals surface area contributed by atoms with Gasteiger partial charge in [0.2, 0.25) is 0 Å². The zero-order valence-electron chi connectivity index (χ0n) is 7.88. The smallest absolute Gasteiger partial charge is 0.334 e. The Bertz CT molecular complexity index is 224. The van der Waals surface area contributed by atoms with Gasteiger partial charge in [-0.1, -0.05) is 19.3 Å². The van der Waals surface area contributed by atoms with Gasteiger partial charge in [0.05, 0.1) is 5.57 Å². The summed E-state index contributed by atoms with van der Waals surface area (Å²) >= 11 is 0. The number of carboxylic acid groups (broad SMARTS) is 1. The average Bonchev–Trinajstić information content (AvgIpc) is 2.17. The average molecular weight is 183 g/mol. The fraction of sp³-hybridized carbons (Fsp3) is 0.700. The van der Waals surface area contributed by atoms with Crippen LogP contribution < -0.4 is 0 Å². The number of hydrogen-bond donors (Lipinski definition) is 1. The van der Waals surface area contributed by atoms with Gasteiger partial charge in [-0.25, -0.2) is 4.79 Å². The molecule has 0 atom stereocenters. The number of rotatable bonds is 2. The Hall–Kier alpha value is -0.990. The van der Waals surface area contributed by atoms with E-state index in [0.717, 1.165) is 25.7 Å². The van der Waals surface area contributed by atoms with Crippen LogP contribution in [0.15, 0.2) is 11.3 Å². The quantitative estimate of drug-likeness (QED) is 0.527. The van der Waals surface area contributed by atoms with Gasteiger partial charge in [-0.05, 0) is 19.8 Å². The first-order chi connectivity index (χ1) is 6.13. The van der Waals surface area contributed by atoms with E-state index in [-0.39, 0.29) is 17.3 Å². The second-order valence-corrected chi connectivity index (χ2v) is 3.63. The normalized spacial score (nSPS) is 21.0. The lowest BCUT2D eigenvalue weighted by Crippen LogP contribution is -2.12. The van der Waals surface area contributed by atoms with Gasteiger partial charge in [0.15, 0.2) is 5.76 Å². The summed E-state index contributed by atoms with van der Waals surface area (Å²) in [5.41, 5.74) is -0.00750. The molecule has 13 heavy (non-hydrogen) atoms. The van der Waals surface area contributed by atoms with E-state index in [1.54, 1.807) is 0 Å². The van der Waals surface area contributed by atoms with Crippen LogP contribution in [-0.4, -0.2) is 11.1 Å². The van der Waals surface area contributed by atoms with Crippen molar-refractivity contribution >= 4 is 5.97 Å². The number of allylic oxidation sites excluding steroid dienone is 1. The highest BCUT2D eigenvalue weighted by atomic mass is 16.4. The van der Waals surface area contributed by atoms with Crippen molar-refractivity contribution in [2.45, 2.75) is 39.0 Å². The Labute approximate surface area is 78.1 Å². The lowest BCUT2D eigenvalue weighted by molar-refractivity contribution is -0.132. The molecule has 0 aliphatic heterocycles. The molecule has 1 aliphatic carbocycles. The van der Waals surface area contributed by atoms with Gasteiger partial charge < -0.3 is 5.11 Å². The first kappa shape index (κ1) is 10.1. The van der Waals surface area contributed by atoms with Crippen molar-refractivity contribution in [3.63, 3.8) is 0 Å². The van der Waals surface area contributed by atoms with Crippen molar-refractivity contribution in [1.29, 1.82) is 0 Å². The molecule has 0 aromatic heterocycles. The second kappa shape index (κ2) is 4.30. The Balaban J connectivity index is 2.68. The molecule has 3 heteroatoms. The van der Waals surface area contributed by atoms with Gasteiger partial charge in [0.1, 0.15) is 0 Å². The first-order valence-corrected chi connectivity index (χ1v) is 4.74.